The summed E-state index contributed by atoms with van der Waals surface area (Å²) in [6.07, 6.45) is 1.53. The van der Waals surface area contributed by atoms with Crippen molar-refractivity contribution in [3.8, 4) is 17.4 Å². The van der Waals surface area contributed by atoms with Crippen LogP contribution in [0.5, 0.6) is 17.4 Å². The zero-order valence-corrected chi connectivity index (χ0v) is 11.4. The summed E-state index contributed by atoms with van der Waals surface area (Å²) >= 11 is 5.96. The van der Waals surface area contributed by atoms with Crippen LogP contribution in [0.25, 0.3) is 0 Å². The van der Waals surface area contributed by atoms with Gasteiger partial charge in [0.1, 0.15) is 0 Å². The van der Waals surface area contributed by atoms with Crippen molar-refractivity contribution in [3.63, 3.8) is 0 Å². The van der Waals surface area contributed by atoms with Crippen molar-refractivity contribution < 1.29 is 9.47 Å². The van der Waals surface area contributed by atoms with Crippen LogP contribution in [0.3, 0.4) is 0 Å². The van der Waals surface area contributed by atoms with Gasteiger partial charge in [-0.15, -0.1) is 0 Å². The molecular formula is C14H15ClN2O2. The summed E-state index contributed by atoms with van der Waals surface area (Å²) < 4.78 is 11.2. The van der Waals surface area contributed by atoms with Crippen molar-refractivity contribution >= 4 is 11.6 Å². The molecule has 2 N–H and O–H groups in total. The third kappa shape index (κ3) is 3.36. The van der Waals surface area contributed by atoms with Gasteiger partial charge in [-0.2, -0.15) is 0 Å². The highest BCUT2D eigenvalue weighted by molar-refractivity contribution is 6.31. The van der Waals surface area contributed by atoms with Crippen LogP contribution in [0, 0.1) is 0 Å². The second kappa shape index (κ2) is 6.41. The van der Waals surface area contributed by atoms with Crippen molar-refractivity contribution in [2.75, 3.05) is 6.61 Å². The molecule has 1 heterocycles. The molecule has 2 rings (SSSR count). The number of halogens is 1. The molecule has 1 aromatic carbocycles. The predicted molar refractivity (Wildman–Crippen MR) is 74.8 cm³/mol. The van der Waals surface area contributed by atoms with E-state index >= 15 is 0 Å². The Hall–Kier alpha value is -1.78. The quantitative estimate of drug-likeness (QED) is 0.911. The lowest BCUT2D eigenvalue weighted by Gasteiger charge is -2.11. The van der Waals surface area contributed by atoms with E-state index in [1.807, 2.05) is 31.2 Å². The minimum Gasteiger partial charge on any atom is -0.490 e. The van der Waals surface area contributed by atoms with Gasteiger partial charge < -0.3 is 15.2 Å². The predicted octanol–water partition coefficient (Wildman–Crippen LogP) is 3.38. The fourth-order valence-electron chi connectivity index (χ4n) is 1.59. The van der Waals surface area contributed by atoms with E-state index in [-0.39, 0.29) is 0 Å². The van der Waals surface area contributed by atoms with E-state index in [4.69, 9.17) is 26.8 Å². The number of nitrogens with two attached hydrogens (primary N) is 1. The molecule has 0 atom stereocenters. The Labute approximate surface area is 117 Å². The molecule has 0 amide bonds. The van der Waals surface area contributed by atoms with Crippen LogP contribution in [0.4, 0.5) is 0 Å². The van der Waals surface area contributed by atoms with Crippen molar-refractivity contribution in [2.45, 2.75) is 13.5 Å². The van der Waals surface area contributed by atoms with E-state index in [9.17, 15) is 0 Å². The highest BCUT2D eigenvalue weighted by Crippen LogP contribution is 2.31. The van der Waals surface area contributed by atoms with Gasteiger partial charge in [0.2, 0.25) is 5.88 Å². The van der Waals surface area contributed by atoms with Crippen molar-refractivity contribution in [1.82, 2.24) is 4.98 Å². The monoisotopic (exact) mass is 278 g/mol. The smallest absolute Gasteiger partial charge is 0.219 e. The van der Waals surface area contributed by atoms with E-state index < -0.39 is 0 Å². The van der Waals surface area contributed by atoms with Gasteiger partial charge in [0.25, 0.3) is 0 Å². The molecule has 0 aliphatic heterocycles. The van der Waals surface area contributed by atoms with Crippen LogP contribution in [-0.4, -0.2) is 11.6 Å². The lowest BCUT2D eigenvalue weighted by Crippen LogP contribution is -2.00. The van der Waals surface area contributed by atoms with E-state index in [1.54, 1.807) is 6.07 Å². The summed E-state index contributed by atoms with van der Waals surface area (Å²) in [4.78, 5) is 4.12. The zero-order valence-electron chi connectivity index (χ0n) is 10.6. The summed E-state index contributed by atoms with van der Waals surface area (Å²) in [7, 11) is 0. The average Bonchev–Trinajstić information content (AvgIpc) is 2.43. The summed E-state index contributed by atoms with van der Waals surface area (Å²) in [5, 5.41) is 0.535. The maximum Gasteiger partial charge on any atom is 0.219 e. The largest absolute Gasteiger partial charge is 0.490 e. The number of pyridine rings is 1. The molecular weight excluding hydrogens is 264 g/mol. The van der Waals surface area contributed by atoms with E-state index in [0.29, 0.717) is 35.6 Å². The first-order valence-electron chi connectivity index (χ1n) is 5.98. The van der Waals surface area contributed by atoms with Gasteiger partial charge in [0.15, 0.2) is 11.5 Å². The van der Waals surface area contributed by atoms with Crippen molar-refractivity contribution in [2.24, 2.45) is 5.73 Å². The number of rotatable bonds is 5. The summed E-state index contributed by atoms with van der Waals surface area (Å²) in [6.45, 7) is 2.83. The number of hydrogen-bond donors (Lipinski definition) is 1. The van der Waals surface area contributed by atoms with Gasteiger partial charge >= 0.3 is 0 Å². The van der Waals surface area contributed by atoms with Crippen molar-refractivity contribution in [1.29, 1.82) is 0 Å². The van der Waals surface area contributed by atoms with Gasteiger partial charge in [0, 0.05) is 18.8 Å². The molecule has 5 heteroatoms. The Morgan fingerprint density at radius 3 is 2.68 bits per heavy atom. The Bertz CT molecular complexity index is 561. The van der Waals surface area contributed by atoms with E-state index in [0.717, 1.165) is 5.56 Å². The summed E-state index contributed by atoms with van der Waals surface area (Å²) in [5.41, 5.74) is 6.39. The first-order valence-corrected chi connectivity index (χ1v) is 6.36. The lowest BCUT2D eigenvalue weighted by atomic mass is 10.2. The van der Waals surface area contributed by atoms with Gasteiger partial charge in [-0.05, 0) is 24.6 Å². The molecule has 100 valence electrons. The minimum atomic E-state index is 0.338. The first kappa shape index (κ1) is 13.6. The van der Waals surface area contributed by atoms with E-state index in [2.05, 4.69) is 4.98 Å². The van der Waals surface area contributed by atoms with Gasteiger partial charge in [-0.1, -0.05) is 23.7 Å². The van der Waals surface area contributed by atoms with Gasteiger partial charge in [0.05, 0.1) is 11.6 Å². The van der Waals surface area contributed by atoms with Crippen LogP contribution in [0.2, 0.25) is 5.02 Å². The maximum atomic E-state index is 5.96. The normalized spacial score (nSPS) is 10.3. The molecule has 0 unspecified atom stereocenters. The topological polar surface area (TPSA) is 57.4 Å². The van der Waals surface area contributed by atoms with Crippen molar-refractivity contribution in [3.05, 3.63) is 47.1 Å². The Morgan fingerprint density at radius 1 is 1.26 bits per heavy atom. The molecule has 0 radical (unpaired) electrons. The molecule has 1 aromatic heterocycles. The summed E-state index contributed by atoms with van der Waals surface area (Å²) in [5.74, 6) is 1.73. The first-order chi connectivity index (χ1) is 9.24. The van der Waals surface area contributed by atoms with Crippen LogP contribution in [-0.2, 0) is 6.54 Å². The fourth-order valence-corrected chi connectivity index (χ4v) is 1.77. The molecule has 2 aromatic rings. The van der Waals surface area contributed by atoms with Crippen LogP contribution in [0.15, 0.2) is 36.5 Å². The maximum absolute atomic E-state index is 5.96. The number of para-hydroxylation sites is 2. The van der Waals surface area contributed by atoms with Gasteiger partial charge in [-0.25, -0.2) is 4.98 Å². The molecule has 0 spiro atoms. The minimum absolute atomic E-state index is 0.338. The SMILES string of the molecule is CCOc1ccccc1Oc1cc(CN)c(Cl)cn1. The molecule has 0 fully saturated rings. The number of ether oxygens (including phenoxy) is 2. The lowest BCUT2D eigenvalue weighted by molar-refractivity contribution is 0.319. The molecule has 0 bridgehead atoms. The Kier molecular flexibility index (Phi) is 4.60. The van der Waals surface area contributed by atoms with E-state index in [1.165, 1.54) is 6.20 Å². The fraction of sp³-hybridized carbons (Fsp3) is 0.214. The second-order valence-electron chi connectivity index (χ2n) is 3.80. The van der Waals surface area contributed by atoms with Crippen LogP contribution in [0.1, 0.15) is 12.5 Å². The second-order valence-corrected chi connectivity index (χ2v) is 4.21. The number of aromatic nitrogens is 1. The highest BCUT2D eigenvalue weighted by atomic mass is 35.5. The van der Waals surface area contributed by atoms with Gasteiger partial charge in [-0.3, -0.25) is 0 Å². The third-order valence-corrected chi connectivity index (χ3v) is 2.83. The Balaban J connectivity index is 2.26. The highest BCUT2D eigenvalue weighted by Gasteiger charge is 2.08. The molecule has 4 nitrogen and oxygen atoms in total. The zero-order chi connectivity index (χ0) is 13.7. The number of nitrogens with zero attached hydrogens (tertiary/aromatic N) is 1. The molecule has 0 saturated carbocycles. The molecule has 0 aliphatic rings. The standard InChI is InChI=1S/C14H15ClN2O2/c1-2-18-12-5-3-4-6-13(12)19-14-7-10(8-16)11(15)9-17-14/h3-7,9H,2,8,16H2,1H3. The summed E-state index contributed by atoms with van der Waals surface area (Å²) in [6, 6.07) is 9.16. The average molecular weight is 279 g/mol. The number of hydrogen-bond acceptors (Lipinski definition) is 4. The molecule has 19 heavy (non-hydrogen) atoms. The molecule has 0 aliphatic carbocycles. The van der Waals surface area contributed by atoms with Crippen LogP contribution < -0.4 is 15.2 Å². The molecule has 0 saturated heterocycles. The number of benzene rings is 1. The Morgan fingerprint density at radius 2 is 2.00 bits per heavy atom. The third-order valence-electron chi connectivity index (χ3n) is 2.49. The van der Waals surface area contributed by atoms with Crippen LogP contribution >= 0.6 is 11.6 Å².